The maximum Gasteiger partial charge on any atom is 0.216 e. The minimum absolute atomic E-state index is 0.0161. The van der Waals surface area contributed by atoms with Gasteiger partial charge in [-0.05, 0) is 30.0 Å². The Labute approximate surface area is 161 Å². The summed E-state index contributed by atoms with van der Waals surface area (Å²) in [7, 11) is 1.74. The van der Waals surface area contributed by atoms with Crippen LogP contribution in [0.1, 0.15) is 17.5 Å². The summed E-state index contributed by atoms with van der Waals surface area (Å²) in [6, 6.07) is 12.6. The van der Waals surface area contributed by atoms with Gasteiger partial charge in [0.1, 0.15) is 6.17 Å². The summed E-state index contributed by atoms with van der Waals surface area (Å²) in [5, 5.41) is 5.75. The molecule has 0 bridgehead atoms. The maximum atomic E-state index is 5.19. The van der Waals surface area contributed by atoms with Gasteiger partial charge in [-0.2, -0.15) is 0 Å². The first-order valence-electron chi connectivity index (χ1n) is 9.15. The van der Waals surface area contributed by atoms with Crippen molar-refractivity contribution in [1.29, 1.82) is 0 Å². The number of ether oxygens (including phenoxy) is 1. The Kier molecular flexibility index (Phi) is 4.31. The number of fused-ring (bicyclic) bond motifs is 5. The van der Waals surface area contributed by atoms with E-state index in [1.165, 1.54) is 4.88 Å². The standard InChI is InChI=1S/C19H22N6OS/c1-26-10-5-9-23-12-20-18-22-17(16-8-4-11-27-16)25-15-7-3-2-6-14(15)21-19(25)24(18)13-23/h2-4,6-8,11,17H,5,9-10,12-13H2,1H3,(H,20,22)/t17-/m1/s1. The zero-order chi connectivity index (χ0) is 18.2. The number of methoxy groups -OCH3 is 1. The monoisotopic (exact) mass is 382 g/mol. The van der Waals surface area contributed by atoms with Crippen LogP contribution in [0.3, 0.4) is 0 Å². The molecule has 1 N–H and O–H groups in total. The van der Waals surface area contributed by atoms with Gasteiger partial charge in [0, 0.05) is 25.1 Å². The fraction of sp³-hybridized carbons (Fsp3) is 0.368. The number of aliphatic imine (C=N–C) groups is 1. The smallest absolute Gasteiger partial charge is 0.216 e. The van der Waals surface area contributed by atoms with Gasteiger partial charge in [-0.15, -0.1) is 11.3 Å². The number of hydrogen-bond acceptors (Lipinski definition) is 7. The Morgan fingerprint density at radius 1 is 1.26 bits per heavy atom. The number of para-hydroxylation sites is 2. The number of guanidine groups is 1. The van der Waals surface area contributed by atoms with Crippen LogP contribution in [0.4, 0.5) is 5.95 Å². The van der Waals surface area contributed by atoms with Crippen LogP contribution in [-0.2, 0) is 4.74 Å². The molecule has 8 heteroatoms. The second-order valence-corrected chi connectivity index (χ2v) is 7.75. The zero-order valence-electron chi connectivity index (χ0n) is 15.2. The number of imidazole rings is 1. The van der Waals surface area contributed by atoms with Crippen LogP contribution < -0.4 is 10.2 Å². The number of anilines is 1. The molecule has 0 aliphatic carbocycles. The average molecular weight is 382 g/mol. The summed E-state index contributed by atoms with van der Waals surface area (Å²) in [6.07, 6.45) is 1.01. The molecule has 1 atom stereocenters. The molecule has 0 saturated heterocycles. The van der Waals surface area contributed by atoms with Crippen molar-refractivity contribution in [2.24, 2.45) is 4.99 Å². The van der Waals surface area contributed by atoms with E-state index in [0.29, 0.717) is 6.67 Å². The van der Waals surface area contributed by atoms with E-state index in [-0.39, 0.29) is 6.17 Å². The van der Waals surface area contributed by atoms with Crippen LogP contribution in [0.15, 0.2) is 46.8 Å². The van der Waals surface area contributed by atoms with Crippen molar-refractivity contribution in [3.05, 3.63) is 46.7 Å². The Bertz CT molecular complexity index is 966. The largest absolute Gasteiger partial charge is 0.385 e. The predicted octanol–water partition coefficient (Wildman–Crippen LogP) is 2.68. The van der Waals surface area contributed by atoms with E-state index in [2.05, 4.69) is 55.4 Å². The highest BCUT2D eigenvalue weighted by Gasteiger charge is 2.35. The molecule has 0 fully saturated rings. The highest BCUT2D eigenvalue weighted by Crippen LogP contribution is 2.35. The van der Waals surface area contributed by atoms with Crippen molar-refractivity contribution in [1.82, 2.24) is 19.8 Å². The molecule has 7 nitrogen and oxygen atoms in total. The number of nitrogens with zero attached hydrogens (tertiary/aromatic N) is 5. The summed E-state index contributed by atoms with van der Waals surface area (Å²) in [5.41, 5.74) is 2.14. The van der Waals surface area contributed by atoms with Crippen molar-refractivity contribution < 1.29 is 4.74 Å². The van der Waals surface area contributed by atoms with Crippen LogP contribution in [0.2, 0.25) is 0 Å². The van der Waals surface area contributed by atoms with Crippen molar-refractivity contribution in [3.63, 3.8) is 0 Å². The number of nitrogens with one attached hydrogen (secondary N) is 1. The third kappa shape index (κ3) is 2.90. The summed E-state index contributed by atoms with van der Waals surface area (Å²) in [6.45, 7) is 3.19. The van der Waals surface area contributed by atoms with Crippen LogP contribution in [-0.4, -0.2) is 54.0 Å². The highest BCUT2D eigenvalue weighted by molar-refractivity contribution is 7.10. The van der Waals surface area contributed by atoms with E-state index in [1.54, 1.807) is 18.4 Å². The first-order valence-corrected chi connectivity index (χ1v) is 10.0. The van der Waals surface area contributed by atoms with Crippen molar-refractivity contribution in [2.75, 3.05) is 38.5 Å². The Balaban J connectivity index is 1.56. The van der Waals surface area contributed by atoms with Crippen LogP contribution in [0.25, 0.3) is 11.0 Å². The molecule has 0 amide bonds. The highest BCUT2D eigenvalue weighted by atomic mass is 32.1. The van der Waals surface area contributed by atoms with Gasteiger partial charge in [-0.25, -0.2) is 9.98 Å². The molecule has 0 saturated carbocycles. The van der Waals surface area contributed by atoms with E-state index < -0.39 is 0 Å². The van der Waals surface area contributed by atoms with Crippen molar-refractivity contribution in [2.45, 2.75) is 12.6 Å². The van der Waals surface area contributed by atoms with Crippen LogP contribution in [0.5, 0.6) is 0 Å². The van der Waals surface area contributed by atoms with Crippen molar-refractivity contribution >= 4 is 34.3 Å². The average Bonchev–Trinajstić information content (AvgIpc) is 3.36. The molecule has 3 aromatic rings. The van der Waals surface area contributed by atoms with Gasteiger partial charge in [-0.1, -0.05) is 18.2 Å². The third-order valence-corrected chi connectivity index (χ3v) is 5.92. The Morgan fingerprint density at radius 3 is 3.04 bits per heavy atom. The van der Waals surface area contributed by atoms with Crippen LogP contribution >= 0.6 is 11.3 Å². The summed E-state index contributed by atoms with van der Waals surface area (Å²) < 4.78 is 7.48. The Hall–Kier alpha value is -2.42. The van der Waals surface area contributed by atoms with Crippen LogP contribution in [0, 0.1) is 0 Å². The van der Waals surface area contributed by atoms with E-state index in [9.17, 15) is 0 Å². The van der Waals surface area contributed by atoms with E-state index in [1.807, 2.05) is 6.07 Å². The first kappa shape index (κ1) is 16.7. The molecular weight excluding hydrogens is 360 g/mol. The lowest BCUT2D eigenvalue weighted by Crippen LogP contribution is -2.57. The molecule has 27 heavy (non-hydrogen) atoms. The van der Waals surface area contributed by atoms with E-state index in [4.69, 9.17) is 14.7 Å². The summed E-state index contributed by atoms with van der Waals surface area (Å²) >= 11 is 1.75. The van der Waals surface area contributed by atoms with Gasteiger partial charge < -0.3 is 10.1 Å². The summed E-state index contributed by atoms with van der Waals surface area (Å²) in [4.78, 5) is 15.5. The van der Waals surface area contributed by atoms with E-state index >= 15 is 0 Å². The summed E-state index contributed by atoms with van der Waals surface area (Å²) in [5.74, 6) is 1.85. The molecule has 5 rings (SSSR count). The molecule has 2 aliphatic heterocycles. The number of aromatic nitrogens is 2. The molecule has 0 radical (unpaired) electrons. The first-order chi connectivity index (χ1) is 13.3. The molecule has 1 aromatic carbocycles. The number of hydrogen-bond donors (Lipinski definition) is 1. The SMILES string of the molecule is COCCCN1CN=C2N[C@@H](c3cccs3)n3c(nc4ccccc43)N2C1. The second kappa shape index (κ2) is 6.95. The Morgan fingerprint density at radius 2 is 2.19 bits per heavy atom. The fourth-order valence-electron chi connectivity index (χ4n) is 3.73. The second-order valence-electron chi connectivity index (χ2n) is 6.77. The molecule has 0 spiro atoms. The van der Waals surface area contributed by atoms with Crippen molar-refractivity contribution in [3.8, 4) is 0 Å². The van der Waals surface area contributed by atoms with Gasteiger partial charge in [-0.3, -0.25) is 14.4 Å². The third-order valence-electron chi connectivity index (χ3n) is 5.00. The lowest BCUT2D eigenvalue weighted by atomic mass is 10.3. The normalized spacial score (nSPS) is 19.5. The van der Waals surface area contributed by atoms with Gasteiger partial charge >= 0.3 is 0 Å². The van der Waals surface area contributed by atoms with Gasteiger partial charge in [0.05, 0.1) is 24.4 Å². The maximum absolute atomic E-state index is 5.19. The number of rotatable bonds is 5. The predicted molar refractivity (Wildman–Crippen MR) is 108 cm³/mol. The number of thiophene rings is 1. The van der Waals surface area contributed by atoms with Gasteiger partial charge in [0.2, 0.25) is 11.9 Å². The molecule has 2 aliphatic rings. The lowest BCUT2D eigenvalue weighted by Gasteiger charge is -2.41. The molecule has 2 aromatic heterocycles. The van der Waals surface area contributed by atoms with E-state index in [0.717, 1.165) is 49.2 Å². The van der Waals surface area contributed by atoms with Gasteiger partial charge in [0.25, 0.3) is 0 Å². The lowest BCUT2D eigenvalue weighted by molar-refractivity contribution is 0.171. The molecule has 140 valence electrons. The van der Waals surface area contributed by atoms with Gasteiger partial charge in [0.15, 0.2) is 0 Å². The minimum Gasteiger partial charge on any atom is -0.385 e. The number of benzene rings is 1. The zero-order valence-corrected chi connectivity index (χ0v) is 16.0. The molecule has 0 unspecified atom stereocenters. The quantitative estimate of drug-likeness (QED) is 0.688. The minimum atomic E-state index is 0.0161. The molecular formula is C19H22N6OS. The fourth-order valence-corrected chi connectivity index (χ4v) is 4.49. The topological polar surface area (TPSA) is 57.9 Å². The molecule has 4 heterocycles.